The zero-order chi connectivity index (χ0) is 15.6. The fourth-order valence-corrected chi connectivity index (χ4v) is 2.43. The highest BCUT2D eigenvalue weighted by Gasteiger charge is 2.09. The van der Waals surface area contributed by atoms with Crippen LogP contribution in [0, 0.1) is 0 Å². The van der Waals surface area contributed by atoms with Gasteiger partial charge < -0.3 is 14.1 Å². The molecule has 0 aliphatic heterocycles. The molecular weight excluding hydrogens is 290 g/mol. The Balaban J connectivity index is 1.64. The number of hydrogen-bond acceptors (Lipinski definition) is 3. The van der Waals surface area contributed by atoms with Crippen LogP contribution in [0.4, 0.5) is 5.69 Å². The Morgan fingerprint density at radius 1 is 1.13 bits per heavy atom. The minimum absolute atomic E-state index is 0.203. The van der Waals surface area contributed by atoms with Crippen LogP contribution in [0.5, 0.6) is 0 Å². The average Bonchev–Trinajstić information content (AvgIpc) is 3.24. The summed E-state index contributed by atoms with van der Waals surface area (Å²) in [5.74, 6) is -0.203. The van der Waals surface area contributed by atoms with Crippen molar-refractivity contribution in [3.8, 4) is 11.3 Å². The molecule has 3 aromatic heterocycles. The van der Waals surface area contributed by atoms with Crippen molar-refractivity contribution in [3.63, 3.8) is 0 Å². The van der Waals surface area contributed by atoms with Crippen molar-refractivity contribution in [1.29, 1.82) is 0 Å². The van der Waals surface area contributed by atoms with Crippen molar-refractivity contribution in [3.05, 3.63) is 79.0 Å². The third kappa shape index (κ3) is 2.60. The summed E-state index contributed by atoms with van der Waals surface area (Å²) < 4.78 is 6.89. The Hall–Kier alpha value is -3.34. The molecule has 5 heteroatoms. The van der Waals surface area contributed by atoms with Crippen molar-refractivity contribution in [2.75, 3.05) is 5.32 Å². The molecular formula is C18H13N3O2. The van der Waals surface area contributed by atoms with Gasteiger partial charge in [0.2, 0.25) is 0 Å². The second-order valence-electron chi connectivity index (χ2n) is 5.14. The van der Waals surface area contributed by atoms with Crippen LogP contribution in [0.1, 0.15) is 10.4 Å². The van der Waals surface area contributed by atoms with Gasteiger partial charge in [-0.25, -0.2) is 4.98 Å². The van der Waals surface area contributed by atoms with E-state index in [4.69, 9.17) is 4.42 Å². The highest BCUT2D eigenvalue weighted by molar-refractivity contribution is 6.04. The van der Waals surface area contributed by atoms with Gasteiger partial charge in [-0.3, -0.25) is 4.79 Å². The molecule has 0 spiro atoms. The van der Waals surface area contributed by atoms with Crippen LogP contribution in [-0.4, -0.2) is 15.3 Å². The lowest BCUT2D eigenvalue weighted by molar-refractivity contribution is 0.102. The molecule has 0 bridgehead atoms. The van der Waals surface area contributed by atoms with Crippen molar-refractivity contribution < 1.29 is 9.21 Å². The van der Waals surface area contributed by atoms with Gasteiger partial charge in [0.15, 0.2) is 0 Å². The summed E-state index contributed by atoms with van der Waals surface area (Å²) in [7, 11) is 0. The normalized spacial score (nSPS) is 10.8. The molecule has 4 rings (SSSR count). The molecule has 0 fully saturated rings. The van der Waals surface area contributed by atoms with Crippen molar-refractivity contribution in [2.24, 2.45) is 0 Å². The molecule has 112 valence electrons. The van der Waals surface area contributed by atoms with E-state index in [-0.39, 0.29) is 5.91 Å². The number of rotatable bonds is 3. The summed E-state index contributed by atoms with van der Waals surface area (Å²) in [6.45, 7) is 0. The van der Waals surface area contributed by atoms with Gasteiger partial charge in [0.1, 0.15) is 11.9 Å². The third-order valence-corrected chi connectivity index (χ3v) is 3.56. The lowest BCUT2D eigenvalue weighted by Crippen LogP contribution is -2.10. The molecule has 0 radical (unpaired) electrons. The molecule has 1 N–H and O–H groups in total. The van der Waals surface area contributed by atoms with Gasteiger partial charge in [-0.2, -0.15) is 0 Å². The molecule has 0 aliphatic rings. The van der Waals surface area contributed by atoms with Crippen LogP contribution < -0.4 is 5.32 Å². The van der Waals surface area contributed by atoms with Crippen LogP contribution in [0.15, 0.2) is 77.9 Å². The van der Waals surface area contributed by atoms with E-state index in [9.17, 15) is 4.79 Å². The van der Waals surface area contributed by atoms with Gasteiger partial charge in [-0.05, 0) is 30.3 Å². The number of furan rings is 1. The van der Waals surface area contributed by atoms with Crippen LogP contribution >= 0.6 is 0 Å². The Morgan fingerprint density at radius 2 is 2.09 bits per heavy atom. The van der Waals surface area contributed by atoms with Gasteiger partial charge in [-0.1, -0.05) is 18.2 Å². The number of amides is 1. The predicted octanol–water partition coefficient (Wildman–Crippen LogP) is 3.85. The van der Waals surface area contributed by atoms with Crippen molar-refractivity contribution in [1.82, 2.24) is 9.38 Å². The van der Waals surface area contributed by atoms with E-state index in [1.165, 1.54) is 12.5 Å². The maximum atomic E-state index is 12.1. The van der Waals surface area contributed by atoms with Crippen LogP contribution in [0.3, 0.4) is 0 Å². The molecule has 23 heavy (non-hydrogen) atoms. The number of nitrogens with zero attached hydrogens (tertiary/aromatic N) is 2. The van der Waals surface area contributed by atoms with Crippen molar-refractivity contribution in [2.45, 2.75) is 0 Å². The third-order valence-electron chi connectivity index (χ3n) is 3.56. The smallest absolute Gasteiger partial charge is 0.258 e. The SMILES string of the molecule is O=C(Nc1cccc(-c2cn3ccccc3n2)c1)c1ccoc1. The number of imidazole rings is 1. The molecule has 0 saturated heterocycles. The first-order valence-corrected chi connectivity index (χ1v) is 7.17. The minimum Gasteiger partial charge on any atom is -0.472 e. The Labute approximate surface area is 132 Å². The fraction of sp³-hybridized carbons (Fsp3) is 0. The first-order chi connectivity index (χ1) is 11.3. The summed E-state index contributed by atoms with van der Waals surface area (Å²) in [6.07, 6.45) is 6.81. The Morgan fingerprint density at radius 3 is 2.91 bits per heavy atom. The first kappa shape index (κ1) is 13.3. The second-order valence-corrected chi connectivity index (χ2v) is 5.14. The van der Waals surface area contributed by atoms with E-state index in [0.717, 1.165) is 16.9 Å². The molecule has 3 heterocycles. The summed E-state index contributed by atoms with van der Waals surface area (Å²) in [5, 5.41) is 2.85. The maximum Gasteiger partial charge on any atom is 0.258 e. The largest absolute Gasteiger partial charge is 0.472 e. The zero-order valence-electron chi connectivity index (χ0n) is 12.1. The van der Waals surface area contributed by atoms with Crippen LogP contribution in [0.2, 0.25) is 0 Å². The molecule has 4 aromatic rings. The molecule has 0 unspecified atom stereocenters. The van der Waals surface area contributed by atoms with Gasteiger partial charge in [0, 0.05) is 23.6 Å². The standard InChI is InChI=1S/C18H13N3O2/c22-18(14-7-9-23-12-14)19-15-5-3-4-13(10-15)16-11-21-8-2-1-6-17(21)20-16/h1-12H,(H,19,22). The highest BCUT2D eigenvalue weighted by atomic mass is 16.3. The molecule has 1 amide bonds. The predicted molar refractivity (Wildman–Crippen MR) is 87.3 cm³/mol. The lowest BCUT2D eigenvalue weighted by atomic mass is 10.1. The summed E-state index contributed by atoms with van der Waals surface area (Å²) in [5.41, 5.74) is 3.89. The Kier molecular flexibility index (Phi) is 3.16. The van der Waals surface area contributed by atoms with E-state index in [1.54, 1.807) is 6.07 Å². The number of anilines is 1. The summed E-state index contributed by atoms with van der Waals surface area (Å²) >= 11 is 0. The maximum absolute atomic E-state index is 12.1. The average molecular weight is 303 g/mol. The highest BCUT2D eigenvalue weighted by Crippen LogP contribution is 2.22. The number of carbonyl (C=O) groups is 1. The molecule has 0 atom stereocenters. The number of aromatic nitrogens is 2. The van der Waals surface area contributed by atoms with E-state index >= 15 is 0 Å². The number of carbonyl (C=O) groups excluding carboxylic acids is 1. The second kappa shape index (κ2) is 5.46. The summed E-state index contributed by atoms with van der Waals surface area (Å²) in [6, 6.07) is 15.1. The van der Waals surface area contributed by atoms with Gasteiger partial charge in [-0.15, -0.1) is 0 Å². The number of benzene rings is 1. The summed E-state index contributed by atoms with van der Waals surface area (Å²) in [4.78, 5) is 16.7. The van der Waals surface area contributed by atoms with Crippen molar-refractivity contribution >= 4 is 17.2 Å². The van der Waals surface area contributed by atoms with E-state index in [1.807, 2.05) is 59.3 Å². The van der Waals surface area contributed by atoms with Crippen LogP contribution in [0.25, 0.3) is 16.9 Å². The fourth-order valence-electron chi connectivity index (χ4n) is 2.43. The minimum atomic E-state index is -0.203. The molecule has 5 nitrogen and oxygen atoms in total. The monoisotopic (exact) mass is 303 g/mol. The Bertz CT molecular complexity index is 938. The number of hydrogen-bond donors (Lipinski definition) is 1. The number of nitrogens with one attached hydrogen (secondary N) is 1. The lowest BCUT2D eigenvalue weighted by Gasteiger charge is -2.05. The quantitative estimate of drug-likeness (QED) is 0.625. The topological polar surface area (TPSA) is 59.5 Å². The van der Waals surface area contributed by atoms with E-state index in [0.29, 0.717) is 11.3 Å². The van der Waals surface area contributed by atoms with Crippen LogP contribution in [-0.2, 0) is 0 Å². The van der Waals surface area contributed by atoms with Gasteiger partial charge >= 0.3 is 0 Å². The first-order valence-electron chi connectivity index (χ1n) is 7.17. The number of pyridine rings is 1. The number of fused-ring (bicyclic) bond motifs is 1. The molecule has 0 saturated carbocycles. The van der Waals surface area contributed by atoms with E-state index in [2.05, 4.69) is 10.3 Å². The van der Waals surface area contributed by atoms with E-state index < -0.39 is 0 Å². The molecule has 1 aromatic carbocycles. The van der Waals surface area contributed by atoms with Gasteiger partial charge in [0.25, 0.3) is 5.91 Å². The zero-order valence-corrected chi connectivity index (χ0v) is 12.1. The molecule has 0 aliphatic carbocycles. The van der Waals surface area contributed by atoms with Gasteiger partial charge in [0.05, 0.1) is 17.5 Å².